The number of amides is 1. The van der Waals surface area contributed by atoms with Crippen molar-refractivity contribution in [1.29, 1.82) is 5.26 Å². The summed E-state index contributed by atoms with van der Waals surface area (Å²) in [6.45, 7) is 5.72. The van der Waals surface area contributed by atoms with Crippen LogP contribution in [0.3, 0.4) is 0 Å². The summed E-state index contributed by atoms with van der Waals surface area (Å²) in [5.41, 5.74) is 6.43. The molecule has 0 unspecified atom stereocenters. The molecular formula is C35H36F3N7O3S. The number of rotatable bonds is 9. The number of nitriles is 1. The summed E-state index contributed by atoms with van der Waals surface area (Å²) in [7, 11) is 3.39. The van der Waals surface area contributed by atoms with Crippen molar-refractivity contribution in [1.82, 2.24) is 19.8 Å². The van der Waals surface area contributed by atoms with Crippen LogP contribution in [-0.4, -0.2) is 96.5 Å². The first-order valence-corrected chi connectivity index (χ1v) is 17.0. The van der Waals surface area contributed by atoms with Crippen LogP contribution in [0.4, 0.5) is 24.0 Å². The fraction of sp³-hybridized carbons (Fsp3) is 0.429. The van der Waals surface area contributed by atoms with Gasteiger partial charge < -0.3 is 25.0 Å². The fourth-order valence-corrected chi connectivity index (χ4v) is 8.98. The summed E-state index contributed by atoms with van der Waals surface area (Å²) in [5.74, 6) is -1.04. The number of anilines is 2. The molecule has 7 rings (SSSR count). The van der Waals surface area contributed by atoms with Crippen molar-refractivity contribution in [2.75, 3.05) is 57.6 Å². The molecule has 3 fully saturated rings. The third kappa shape index (κ3) is 5.53. The number of likely N-dealkylation sites (tertiary alicyclic amines) is 1. The zero-order valence-corrected chi connectivity index (χ0v) is 28.0. The highest BCUT2D eigenvalue weighted by Gasteiger charge is 2.49. The summed E-state index contributed by atoms with van der Waals surface area (Å²) in [6.07, 6.45) is 3.03. The van der Waals surface area contributed by atoms with E-state index in [9.17, 15) is 18.8 Å². The molecule has 0 saturated carbocycles. The Morgan fingerprint density at radius 2 is 2.08 bits per heavy atom. The Bertz CT molecular complexity index is 2020. The van der Waals surface area contributed by atoms with Crippen LogP contribution in [0.15, 0.2) is 36.9 Å². The molecule has 3 saturated heterocycles. The molecule has 2 aromatic carbocycles. The molecule has 0 aliphatic carbocycles. The number of halogens is 3. The van der Waals surface area contributed by atoms with Crippen LogP contribution in [0.25, 0.3) is 32.1 Å². The van der Waals surface area contributed by atoms with E-state index in [-0.39, 0.29) is 63.4 Å². The summed E-state index contributed by atoms with van der Waals surface area (Å²) in [4.78, 5) is 28.0. The van der Waals surface area contributed by atoms with Crippen molar-refractivity contribution >= 4 is 49.1 Å². The molecule has 3 aliphatic heterocycles. The van der Waals surface area contributed by atoms with Crippen molar-refractivity contribution in [3.8, 4) is 23.2 Å². The number of nitrogen functional groups attached to an aromatic ring is 1. The van der Waals surface area contributed by atoms with Crippen LogP contribution < -0.4 is 15.4 Å². The van der Waals surface area contributed by atoms with Gasteiger partial charge in [0.05, 0.1) is 40.0 Å². The van der Waals surface area contributed by atoms with E-state index in [1.54, 1.807) is 18.1 Å². The van der Waals surface area contributed by atoms with Gasteiger partial charge in [-0.25, -0.2) is 13.2 Å². The third-order valence-electron chi connectivity index (χ3n) is 10.3. The van der Waals surface area contributed by atoms with Gasteiger partial charge >= 0.3 is 6.01 Å². The standard InChI is InChI=1S/C35H36F3N7O3S/c1-4-29(46)45-11-8-27(28(45)17-47-3)43(2)33-22-12-25(38)21(20-6-7-24(37)31-30(20)23(15-39)32(40)49-31)13-26(22)41-34(42-33)48-18-35-9-5-10-44(35)16-19(36)14-35/h4,6-7,12-13,19,27-28H,1,5,8-11,14,16-18,40H2,2-3H3/t19-,27-,28-,35+/m1/s1. The Morgan fingerprint density at radius 3 is 2.84 bits per heavy atom. The summed E-state index contributed by atoms with van der Waals surface area (Å²) >= 11 is 0.935. The second-order valence-electron chi connectivity index (χ2n) is 13.0. The molecule has 5 heterocycles. The SMILES string of the molecule is C=CC(=O)N1CC[C@@H](N(C)c2nc(OC[C@@]34CCCN3C[C@H](F)C4)nc3cc(-c4ccc(F)c5sc(N)c(C#N)c45)c(F)cc23)[C@H]1COC. The highest BCUT2D eigenvalue weighted by Crippen LogP contribution is 2.44. The minimum Gasteiger partial charge on any atom is -0.461 e. The van der Waals surface area contributed by atoms with Crippen LogP contribution in [0.1, 0.15) is 31.2 Å². The number of benzene rings is 2. The lowest BCUT2D eigenvalue weighted by atomic mass is 9.95. The molecular weight excluding hydrogens is 655 g/mol. The van der Waals surface area contributed by atoms with Crippen molar-refractivity contribution in [2.45, 2.75) is 49.5 Å². The first-order valence-electron chi connectivity index (χ1n) is 16.2. The Labute approximate surface area is 285 Å². The van der Waals surface area contributed by atoms with Gasteiger partial charge in [-0.05, 0) is 55.6 Å². The number of thiophene rings is 1. The second kappa shape index (κ2) is 12.8. The van der Waals surface area contributed by atoms with Crippen LogP contribution in [0.2, 0.25) is 0 Å². The van der Waals surface area contributed by atoms with Crippen molar-refractivity contribution in [3.05, 3.63) is 54.1 Å². The van der Waals surface area contributed by atoms with Gasteiger partial charge in [-0.1, -0.05) is 12.6 Å². The van der Waals surface area contributed by atoms with Crippen molar-refractivity contribution in [3.63, 3.8) is 0 Å². The minimum atomic E-state index is -0.938. The zero-order chi connectivity index (χ0) is 34.6. The molecule has 2 N–H and O–H groups in total. The van der Waals surface area contributed by atoms with E-state index in [4.69, 9.17) is 25.2 Å². The largest absolute Gasteiger partial charge is 0.461 e. The predicted molar refractivity (Wildman–Crippen MR) is 182 cm³/mol. The lowest BCUT2D eigenvalue weighted by Gasteiger charge is -2.34. The lowest BCUT2D eigenvalue weighted by Crippen LogP contribution is -2.48. The molecule has 10 nitrogen and oxygen atoms in total. The normalized spacial score (nSPS) is 23.7. The first-order chi connectivity index (χ1) is 23.6. The molecule has 4 aromatic rings. The highest BCUT2D eigenvalue weighted by molar-refractivity contribution is 7.23. The van der Waals surface area contributed by atoms with E-state index < -0.39 is 23.3 Å². The number of aromatic nitrogens is 2. The van der Waals surface area contributed by atoms with Gasteiger partial charge in [-0.2, -0.15) is 15.2 Å². The monoisotopic (exact) mass is 691 g/mol. The fourth-order valence-electron chi connectivity index (χ4n) is 8.03. The topological polar surface area (TPSA) is 121 Å². The van der Waals surface area contributed by atoms with E-state index in [2.05, 4.69) is 11.5 Å². The van der Waals surface area contributed by atoms with E-state index in [1.807, 2.05) is 18.0 Å². The van der Waals surface area contributed by atoms with E-state index in [0.29, 0.717) is 48.2 Å². The third-order valence-corrected chi connectivity index (χ3v) is 11.4. The summed E-state index contributed by atoms with van der Waals surface area (Å²) in [6, 6.07) is 7.01. The smallest absolute Gasteiger partial charge is 0.319 e. The average molecular weight is 692 g/mol. The Balaban J connectivity index is 1.36. The Kier molecular flexibility index (Phi) is 8.62. The predicted octanol–water partition coefficient (Wildman–Crippen LogP) is 5.44. The molecule has 2 aromatic heterocycles. The number of carbonyl (C=O) groups is 1. The second-order valence-corrected chi connectivity index (χ2v) is 14.1. The minimum absolute atomic E-state index is 0.0394. The maximum atomic E-state index is 16.3. The molecule has 49 heavy (non-hydrogen) atoms. The van der Waals surface area contributed by atoms with Gasteiger partial charge in [0.15, 0.2) is 0 Å². The molecule has 1 amide bonds. The number of alkyl halides is 1. The summed E-state index contributed by atoms with van der Waals surface area (Å²) < 4.78 is 57.7. The molecule has 3 aliphatic rings. The molecule has 0 bridgehead atoms. The van der Waals surface area contributed by atoms with Gasteiger partial charge in [0.25, 0.3) is 0 Å². The number of carbonyl (C=O) groups excluding carboxylic acids is 1. The molecule has 0 spiro atoms. The Morgan fingerprint density at radius 1 is 1.27 bits per heavy atom. The van der Waals surface area contributed by atoms with Gasteiger partial charge in [0.1, 0.15) is 41.3 Å². The van der Waals surface area contributed by atoms with Gasteiger partial charge in [-0.3, -0.25) is 9.69 Å². The number of fused-ring (bicyclic) bond motifs is 3. The van der Waals surface area contributed by atoms with Gasteiger partial charge in [0, 0.05) is 50.0 Å². The highest BCUT2D eigenvalue weighted by atomic mass is 32.1. The Hall–Kier alpha value is -4.45. The van der Waals surface area contributed by atoms with E-state index in [1.165, 1.54) is 24.3 Å². The number of nitrogens with two attached hydrogens (primary N) is 1. The van der Waals surface area contributed by atoms with Crippen LogP contribution in [-0.2, 0) is 9.53 Å². The van der Waals surface area contributed by atoms with Crippen molar-refractivity contribution < 1.29 is 27.4 Å². The molecule has 0 radical (unpaired) electrons. The maximum Gasteiger partial charge on any atom is 0.319 e. The molecule has 14 heteroatoms. The number of methoxy groups -OCH3 is 1. The van der Waals surface area contributed by atoms with Gasteiger partial charge in [0.2, 0.25) is 5.91 Å². The quantitative estimate of drug-likeness (QED) is 0.229. The molecule has 256 valence electrons. The number of likely N-dealkylation sites (N-methyl/N-ethyl adjacent to an activating group) is 1. The first kappa shape index (κ1) is 33.1. The van der Waals surface area contributed by atoms with Crippen LogP contribution in [0, 0.1) is 23.0 Å². The zero-order valence-electron chi connectivity index (χ0n) is 27.2. The van der Waals surface area contributed by atoms with Gasteiger partial charge in [-0.15, -0.1) is 11.3 Å². The van der Waals surface area contributed by atoms with Crippen LogP contribution >= 0.6 is 11.3 Å². The maximum absolute atomic E-state index is 16.3. The number of nitrogens with zero attached hydrogens (tertiary/aromatic N) is 6. The summed E-state index contributed by atoms with van der Waals surface area (Å²) in [5, 5.41) is 10.6. The van der Waals surface area contributed by atoms with Crippen molar-refractivity contribution in [2.24, 2.45) is 0 Å². The number of ether oxygens (including phenoxy) is 2. The lowest BCUT2D eigenvalue weighted by molar-refractivity contribution is -0.127. The van der Waals surface area contributed by atoms with Crippen LogP contribution in [0.5, 0.6) is 6.01 Å². The number of hydrogen-bond donors (Lipinski definition) is 1. The van der Waals surface area contributed by atoms with E-state index >= 15 is 4.39 Å². The molecule has 4 atom stereocenters. The number of hydrogen-bond acceptors (Lipinski definition) is 10. The van der Waals surface area contributed by atoms with E-state index in [0.717, 1.165) is 30.7 Å². The average Bonchev–Trinajstić information content (AvgIpc) is 3.84.